The van der Waals surface area contributed by atoms with Gasteiger partial charge in [0.15, 0.2) is 0 Å². The number of amides is 1. The molecule has 5 nitrogen and oxygen atoms in total. The van der Waals surface area contributed by atoms with Gasteiger partial charge in [-0.1, -0.05) is 13.8 Å². The number of aliphatic hydroxyl groups excluding tert-OH is 1. The van der Waals surface area contributed by atoms with E-state index < -0.39 is 0 Å². The molecule has 0 unspecified atom stereocenters. The minimum atomic E-state index is -0.323. The Morgan fingerprint density at radius 3 is 3.00 bits per heavy atom. The minimum absolute atomic E-state index is 0.0286. The van der Waals surface area contributed by atoms with Gasteiger partial charge < -0.3 is 14.8 Å². The maximum Gasteiger partial charge on any atom is 0.255 e. The van der Waals surface area contributed by atoms with Gasteiger partial charge in [-0.05, 0) is 12.1 Å². The van der Waals surface area contributed by atoms with Gasteiger partial charge in [-0.3, -0.25) is 4.79 Å². The van der Waals surface area contributed by atoms with Crippen LogP contribution < -0.4 is 5.32 Å². The van der Waals surface area contributed by atoms with E-state index in [9.17, 15) is 4.79 Å². The highest BCUT2D eigenvalue weighted by atomic mass is 16.3. The fourth-order valence-corrected chi connectivity index (χ4v) is 1.60. The highest BCUT2D eigenvalue weighted by molar-refractivity contribution is 5.99. The fourth-order valence-electron chi connectivity index (χ4n) is 1.60. The van der Waals surface area contributed by atoms with Crippen LogP contribution in [0.2, 0.25) is 0 Å². The van der Waals surface area contributed by atoms with Gasteiger partial charge in [-0.2, -0.15) is 0 Å². The van der Waals surface area contributed by atoms with E-state index in [2.05, 4.69) is 10.3 Å². The normalized spacial score (nSPS) is 11.7. The predicted octanol–water partition coefficient (Wildman–Crippen LogP) is 1.08. The lowest BCUT2D eigenvalue weighted by Gasteiger charge is -2.21. The first-order valence-electron chi connectivity index (χ1n) is 5.84. The van der Waals surface area contributed by atoms with Gasteiger partial charge in [0.05, 0.1) is 5.56 Å². The Balaban J connectivity index is 2.17. The molecule has 2 aromatic heterocycles. The van der Waals surface area contributed by atoms with Crippen molar-refractivity contribution < 1.29 is 9.90 Å². The molecule has 0 saturated carbocycles. The quantitative estimate of drug-likeness (QED) is 0.849. The first-order chi connectivity index (χ1) is 8.53. The zero-order valence-electron chi connectivity index (χ0n) is 10.6. The smallest absolute Gasteiger partial charge is 0.255 e. The van der Waals surface area contributed by atoms with Gasteiger partial charge in [0.2, 0.25) is 0 Å². The summed E-state index contributed by atoms with van der Waals surface area (Å²) in [6, 6.07) is 3.55. The van der Waals surface area contributed by atoms with Crippen molar-refractivity contribution in [2.24, 2.45) is 5.41 Å². The third-order valence-corrected chi connectivity index (χ3v) is 2.82. The summed E-state index contributed by atoms with van der Waals surface area (Å²) in [6.07, 6.45) is 5.30. The van der Waals surface area contributed by atoms with Crippen molar-refractivity contribution in [3.05, 3.63) is 36.3 Å². The van der Waals surface area contributed by atoms with E-state index >= 15 is 0 Å². The van der Waals surface area contributed by atoms with Crippen molar-refractivity contribution in [2.45, 2.75) is 13.8 Å². The van der Waals surface area contributed by atoms with E-state index in [1.165, 1.54) is 0 Å². The molecule has 5 heteroatoms. The lowest BCUT2D eigenvalue weighted by Crippen LogP contribution is -2.36. The van der Waals surface area contributed by atoms with Crippen LogP contribution in [0.1, 0.15) is 24.2 Å². The molecule has 2 rings (SSSR count). The number of pyridine rings is 1. The van der Waals surface area contributed by atoms with Gasteiger partial charge in [0.1, 0.15) is 5.65 Å². The molecule has 0 radical (unpaired) electrons. The summed E-state index contributed by atoms with van der Waals surface area (Å²) in [6.45, 7) is 4.23. The summed E-state index contributed by atoms with van der Waals surface area (Å²) in [4.78, 5) is 16.2. The molecule has 0 atom stereocenters. The first-order valence-corrected chi connectivity index (χ1v) is 5.84. The minimum Gasteiger partial charge on any atom is -0.396 e. The Morgan fingerprint density at radius 1 is 1.50 bits per heavy atom. The van der Waals surface area contributed by atoms with Crippen molar-refractivity contribution in [3.63, 3.8) is 0 Å². The highest BCUT2D eigenvalue weighted by Gasteiger charge is 2.19. The number of hydrogen-bond acceptors (Lipinski definition) is 3. The van der Waals surface area contributed by atoms with E-state index in [0.717, 1.165) is 0 Å². The second-order valence-corrected chi connectivity index (χ2v) is 5.08. The highest BCUT2D eigenvalue weighted by Crippen LogP contribution is 2.13. The van der Waals surface area contributed by atoms with E-state index in [1.807, 2.05) is 20.0 Å². The molecule has 2 aromatic rings. The zero-order chi connectivity index (χ0) is 13.2. The van der Waals surface area contributed by atoms with Crippen LogP contribution in [0.3, 0.4) is 0 Å². The summed E-state index contributed by atoms with van der Waals surface area (Å²) in [5, 5.41) is 12.0. The number of nitrogens with one attached hydrogen (secondary N) is 1. The summed E-state index contributed by atoms with van der Waals surface area (Å²) in [5.41, 5.74) is 0.851. The molecule has 18 heavy (non-hydrogen) atoms. The lowest BCUT2D eigenvalue weighted by atomic mass is 9.95. The van der Waals surface area contributed by atoms with Crippen LogP contribution in [0.15, 0.2) is 30.7 Å². The molecular weight excluding hydrogens is 230 g/mol. The maximum absolute atomic E-state index is 12.1. The van der Waals surface area contributed by atoms with Gasteiger partial charge in [-0.25, -0.2) is 4.98 Å². The van der Waals surface area contributed by atoms with Crippen LogP contribution in [0, 0.1) is 5.41 Å². The molecule has 2 N–H and O–H groups in total. The van der Waals surface area contributed by atoms with Crippen LogP contribution in [0.5, 0.6) is 0 Å². The Kier molecular flexibility index (Phi) is 3.34. The van der Waals surface area contributed by atoms with E-state index in [-0.39, 0.29) is 17.9 Å². The third-order valence-electron chi connectivity index (χ3n) is 2.82. The number of carbonyl (C=O) groups is 1. The van der Waals surface area contributed by atoms with Gasteiger partial charge in [-0.15, -0.1) is 0 Å². The topological polar surface area (TPSA) is 66.6 Å². The Bertz CT molecular complexity index is 560. The first kappa shape index (κ1) is 12.6. The summed E-state index contributed by atoms with van der Waals surface area (Å²) < 4.78 is 1.80. The SMILES string of the molecule is CC(C)(CO)CNC(=O)c1cccn2ccnc12. The van der Waals surface area contributed by atoms with Crippen LogP contribution in [0.25, 0.3) is 5.65 Å². The van der Waals surface area contributed by atoms with Crippen molar-refractivity contribution in [1.29, 1.82) is 0 Å². The van der Waals surface area contributed by atoms with Crippen molar-refractivity contribution >= 4 is 11.6 Å². The van der Waals surface area contributed by atoms with Crippen molar-refractivity contribution in [2.75, 3.05) is 13.2 Å². The van der Waals surface area contributed by atoms with Crippen LogP contribution >= 0.6 is 0 Å². The molecule has 0 aliphatic rings. The summed E-state index contributed by atoms with van der Waals surface area (Å²) >= 11 is 0. The maximum atomic E-state index is 12.1. The van der Waals surface area contributed by atoms with Crippen molar-refractivity contribution in [1.82, 2.24) is 14.7 Å². The van der Waals surface area contributed by atoms with Crippen LogP contribution in [-0.2, 0) is 0 Å². The molecule has 0 aliphatic heterocycles. The number of nitrogens with zero attached hydrogens (tertiary/aromatic N) is 2. The molecule has 0 aliphatic carbocycles. The summed E-state index contributed by atoms with van der Waals surface area (Å²) in [5.74, 6) is -0.173. The fraction of sp³-hybridized carbons (Fsp3) is 0.385. The zero-order valence-corrected chi connectivity index (χ0v) is 10.6. The second kappa shape index (κ2) is 4.78. The number of imidazole rings is 1. The molecule has 0 fully saturated rings. The number of aromatic nitrogens is 2. The Hall–Kier alpha value is -1.88. The number of fused-ring (bicyclic) bond motifs is 1. The second-order valence-electron chi connectivity index (χ2n) is 5.08. The predicted molar refractivity (Wildman–Crippen MR) is 68.4 cm³/mol. The molecule has 0 bridgehead atoms. The molecule has 0 saturated heterocycles. The Labute approximate surface area is 105 Å². The van der Waals surface area contributed by atoms with Crippen molar-refractivity contribution in [3.8, 4) is 0 Å². The number of carbonyl (C=O) groups excluding carboxylic acids is 1. The molecular formula is C13H17N3O2. The van der Waals surface area contributed by atoms with Gasteiger partial charge in [0.25, 0.3) is 5.91 Å². The van der Waals surface area contributed by atoms with Crippen LogP contribution in [0.4, 0.5) is 0 Å². The lowest BCUT2D eigenvalue weighted by molar-refractivity contribution is 0.0912. The Morgan fingerprint density at radius 2 is 2.28 bits per heavy atom. The third kappa shape index (κ3) is 2.51. The molecule has 0 spiro atoms. The molecule has 1 amide bonds. The molecule has 2 heterocycles. The number of aliphatic hydroxyl groups is 1. The van der Waals surface area contributed by atoms with E-state index in [4.69, 9.17) is 5.11 Å². The largest absolute Gasteiger partial charge is 0.396 e. The van der Waals surface area contributed by atoms with Gasteiger partial charge >= 0.3 is 0 Å². The van der Waals surface area contributed by atoms with E-state index in [0.29, 0.717) is 17.8 Å². The van der Waals surface area contributed by atoms with E-state index in [1.54, 1.807) is 28.9 Å². The van der Waals surface area contributed by atoms with Gasteiger partial charge in [0, 0.05) is 37.2 Å². The number of hydrogen-bond donors (Lipinski definition) is 2. The summed E-state index contributed by atoms with van der Waals surface area (Å²) in [7, 11) is 0. The number of rotatable bonds is 4. The average Bonchev–Trinajstić information content (AvgIpc) is 2.84. The average molecular weight is 247 g/mol. The standard InChI is InChI=1S/C13H17N3O2/c1-13(2,9-17)8-15-12(18)10-4-3-6-16-7-5-14-11(10)16/h3-7,17H,8-9H2,1-2H3,(H,15,18). The monoisotopic (exact) mass is 247 g/mol. The molecule has 0 aromatic carbocycles. The van der Waals surface area contributed by atoms with Crippen LogP contribution in [-0.4, -0.2) is 33.6 Å². The molecule has 96 valence electrons.